The Morgan fingerprint density at radius 2 is 1.59 bits per heavy atom. The summed E-state index contributed by atoms with van der Waals surface area (Å²) in [6, 6.07) is 1.78. The number of carbonyl (C=O) groups is 2. The van der Waals surface area contributed by atoms with Crippen molar-refractivity contribution in [1.82, 2.24) is 15.1 Å². The maximum Gasteiger partial charge on any atom is 0.317 e. The lowest BCUT2D eigenvalue weighted by atomic mass is 9.53. The van der Waals surface area contributed by atoms with Gasteiger partial charge in [-0.1, -0.05) is 0 Å². The SMILES string of the molecule is O=C(NC12CC3CC(CC(C3)C1)C2)N1CCCN(C(=O)c2ccoc2)CC1. The number of rotatable bonds is 2. The number of nitrogens with one attached hydrogen (secondary N) is 1. The molecule has 146 valence electrons. The molecular weight excluding hydrogens is 342 g/mol. The predicted molar refractivity (Wildman–Crippen MR) is 100 cm³/mol. The number of hydrogen-bond donors (Lipinski definition) is 1. The predicted octanol–water partition coefficient (Wildman–Crippen LogP) is 3.11. The van der Waals surface area contributed by atoms with Gasteiger partial charge < -0.3 is 19.5 Å². The molecule has 6 rings (SSSR count). The fourth-order valence-electron chi connectivity index (χ4n) is 6.46. The van der Waals surface area contributed by atoms with Crippen LogP contribution in [-0.2, 0) is 0 Å². The molecule has 4 saturated carbocycles. The Morgan fingerprint density at radius 1 is 0.963 bits per heavy atom. The number of furan rings is 1. The molecular formula is C21H29N3O3. The van der Waals surface area contributed by atoms with Gasteiger partial charge in [-0.25, -0.2) is 4.79 Å². The van der Waals surface area contributed by atoms with Gasteiger partial charge in [0.1, 0.15) is 6.26 Å². The van der Waals surface area contributed by atoms with Gasteiger partial charge in [0.05, 0.1) is 11.8 Å². The van der Waals surface area contributed by atoms with E-state index in [4.69, 9.17) is 4.42 Å². The van der Waals surface area contributed by atoms with Crippen LogP contribution in [0.5, 0.6) is 0 Å². The molecule has 0 aromatic carbocycles. The number of hydrogen-bond acceptors (Lipinski definition) is 3. The van der Waals surface area contributed by atoms with Gasteiger partial charge in [-0.2, -0.15) is 0 Å². The second kappa shape index (κ2) is 6.57. The molecule has 0 unspecified atom stereocenters. The minimum absolute atomic E-state index is 0.00732. The van der Waals surface area contributed by atoms with Gasteiger partial charge in [0.25, 0.3) is 5.91 Å². The number of amides is 3. The fraction of sp³-hybridized carbons (Fsp3) is 0.714. The van der Waals surface area contributed by atoms with E-state index in [0.29, 0.717) is 31.7 Å². The molecule has 1 aromatic rings. The summed E-state index contributed by atoms with van der Waals surface area (Å²) in [4.78, 5) is 29.3. The van der Waals surface area contributed by atoms with E-state index in [0.717, 1.165) is 24.2 Å². The lowest BCUT2D eigenvalue weighted by Crippen LogP contribution is -2.62. The third-order valence-electron chi connectivity index (χ3n) is 7.25. The van der Waals surface area contributed by atoms with Crippen LogP contribution in [0.15, 0.2) is 23.0 Å². The molecule has 1 saturated heterocycles. The minimum Gasteiger partial charge on any atom is -0.472 e. The van der Waals surface area contributed by atoms with Gasteiger partial charge in [0, 0.05) is 31.7 Å². The van der Waals surface area contributed by atoms with E-state index in [9.17, 15) is 9.59 Å². The van der Waals surface area contributed by atoms with E-state index in [1.54, 1.807) is 6.07 Å². The first-order valence-corrected chi connectivity index (χ1v) is 10.5. The van der Waals surface area contributed by atoms with Crippen molar-refractivity contribution in [2.24, 2.45) is 17.8 Å². The highest BCUT2D eigenvalue weighted by molar-refractivity contribution is 5.93. The molecule has 1 N–H and O–H groups in total. The Hall–Kier alpha value is -1.98. The fourth-order valence-corrected chi connectivity index (χ4v) is 6.46. The third-order valence-corrected chi connectivity index (χ3v) is 7.25. The molecule has 4 bridgehead atoms. The normalized spacial score (nSPS) is 35.2. The number of carbonyl (C=O) groups excluding carboxylic acids is 2. The van der Waals surface area contributed by atoms with E-state index in [-0.39, 0.29) is 17.5 Å². The summed E-state index contributed by atoms with van der Waals surface area (Å²) in [5.41, 5.74) is 0.631. The lowest BCUT2D eigenvalue weighted by Gasteiger charge is -2.57. The van der Waals surface area contributed by atoms with Gasteiger partial charge in [0.15, 0.2) is 0 Å². The quantitative estimate of drug-likeness (QED) is 0.869. The van der Waals surface area contributed by atoms with Gasteiger partial charge in [0.2, 0.25) is 0 Å². The number of urea groups is 1. The monoisotopic (exact) mass is 371 g/mol. The average Bonchev–Trinajstić information content (AvgIpc) is 3.04. The summed E-state index contributed by atoms with van der Waals surface area (Å²) >= 11 is 0. The average molecular weight is 371 g/mol. The second-order valence-electron chi connectivity index (χ2n) is 9.27. The first-order valence-electron chi connectivity index (χ1n) is 10.5. The Bertz CT molecular complexity index is 679. The molecule has 0 atom stereocenters. The zero-order valence-corrected chi connectivity index (χ0v) is 15.9. The van der Waals surface area contributed by atoms with E-state index < -0.39 is 0 Å². The van der Waals surface area contributed by atoms with Crippen molar-refractivity contribution in [2.75, 3.05) is 26.2 Å². The maximum atomic E-state index is 13.0. The highest BCUT2D eigenvalue weighted by Crippen LogP contribution is 2.55. The summed E-state index contributed by atoms with van der Waals surface area (Å²) < 4.78 is 5.03. The standard InChI is InChI=1S/C21H29N3O3/c25-19(18-2-7-27-14-18)23-3-1-4-24(6-5-23)20(26)22-21-11-15-8-16(12-21)10-17(9-15)13-21/h2,7,14-17H,1,3-6,8-13H2,(H,22,26). The largest absolute Gasteiger partial charge is 0.472 e. The molecule has 0 spiro atoms. The van der Waals surface area contributed by atoms with Crippen LogP contribution in [0.1, 0.15) is 55.3 Å². The Kier molecular flexibility index (Phi) is 4.17. The topological polar surface area (TPSA) is 65.8 Å². The van der Waals surface area contributed by atoms with Crippen LogP contribution < -0.4 is 5.32 Å². The smallest absolute Gasteiger partial charge is 0.317 e. The molecule has 1 aromatic heterocycles. The van der Waals surface area contributed by atoms with E-state index in [1.165, 1.54) is 51.1 Å². The summed E-state index contributed by atoms with van der Waals surface area (Å²) in [6.45, 7) is 2.58. The second-order valence-corrected chi connectivity index (χ2v) is 9.27. The summed E-state index contributed by atoms with van der Waals surface area (Å²) in [5.74, 6) is 2.46. The van der Waals surface area contributed by atoms with Crippen molar-refractivity contribution < 1.29 is 14.0 Å². The Labute approximate surface area is 160 Å². The van der Waals surface area contributed by atoms with Crippen molar-refractivity contribution >= 4 is 11.9 Å². The summed E-state index contributed by atoms with van der Waals surface area (Å²) in [6.07, 6.45) is 11.5. The molecule has 27 heavy (non-hydrogen) atoms. The lowest BCUT2D eigenvalue weighted by molar-refractivity contribution is -0.0156. The zero-order valence-electron chi connectivity index (χ0n) is 15.9. The van der Waals surface area contributed by atoms with Crippen molar-refractivity contribution in [3.05, 3.63) is 24.2 Å². The Balaban J connectivity index is 1.21. The molecule has 3 amide bonds. The highest BCUT2D eigenvalue weighted by atomic mass is 16.3. The Morgan fingerprint density at radius 3 is 2.22 bits per heavy atom. The van der Waals surface area contributed by atoms with Gasteiger partial charge in [-0.15, -0.1) is 0 Å². The van der Waals surface area contributed by atoms with Crippen molar-refractivity contribution in [1.29, 1.82) is 0 Å². The van der Waals surface area contributed by atoms with Crippen LogP contribution >= 0.6 is 0 Å². The van der Waals surface area contributed by atoms with Crippen LogP contribution in [0, 0.1) is 17.8 Å². The van der Waals surface area contributed by atoms with E-state index in [2.05, 4.69) is 5.32 Å². The summed E-state index contributed by atoms with van der Waals surface area (Å²) in [5, 5.41) is 3.46. The molecule has 0 radical (unpaired) electrons. The summed E-state index contributed by atoms with van der Waals surface area (Å²) in [7, 11) is 0. The van der Waals surface area contributed by atoms with Crippen LogP contribution in [0.2, 0.25) is 0 Å². The molecule has 5 fully saturated rings. The molecule has 1 aliphatic heterocycles. The van der Waals surface area contributed by atoms with Crippen LogP contribution in [0.3, 0.4) is 0 Å². The van der Waals surface area contributed by atoms with Crippen molar-refractivity contribution in [3.8, 4) is 0 Å². The van der Waals surface area contributed by atoms with Gasteiger partial charge in [-0.05, 0) is 68.8 Å². The van der Waals surface area contributed by atoms with E-state index >= 15 is 0 Å². The minimum atomic E-state index is -0.00732. The molecule has 6 nitrogen and oxygen atoms in total. The van der Waals surface area contributed by atoms with Crippen LogP contribution in [0.4, 0.5) is 4.79 Å². The molecule has 6 heteroatoms. The van der Waals surface area contributed by atoms with Gasteiger partial charge in [-0.3, -0.25) is 4.79 Å². The zero-order chi connectivity index (χ0) is 18.4. The van der Waals surface area contributed by atoms with Crippen LogP contribution in [0.25, 0.3) is 0 Å². The third kappa shape index (κ3) is 3.23. The first-order chi connectivity index (χ1) is 13.1. The van der Waals surface area contributed by atoms with Crippen molar-refractivity contribution in [2.45, 2.75) is 50.5 Å². The van der Waals surface area contributed by atoms with Gasteiger partial charge >= 0.3 is 6.03 Å². The maximum absolute atomic E-state index is 13.0. The molecule has 4 aliphatic carbocycles. The van der Waals surface area contributed by atoms with Crippen LogP contribution in [-0.4, -0.2) is 53.5 Å². The van der Waals surface area contributed by atoms with Crippen molar-refractivity contribution in [3.63, 3.8) is 0 Å². The molecule has 5 aliphatic rings. The molecule has 2 heterocycles. The number of nitrogens with zero attached hydrogens (tertiary/aromatic N) is 2. The highest BCUT2D eigenvalue weighted by Gasteiger charge is 2.51. The first kappa shape index (κ1) is 17.1. The van der Waals surface area contributed by atoms with E-state index in [1.807, 2.05) is 9.80 Å².